The van der Waals surface area contributed by atoms with Gasteiger partial charge < -0.3 is 15.2 Å². The summed E-state index contributed by atoms with van der Waals surface area (Å²) >= 11 is 12.6. The van der Waals surface area contributed by atoms with Crippen LogP contribution in [0.4, 0.5) is 0 Å². The van der Waals surface area contributed by atoms with Crippen LogP contribution >= 0.6 is 23.2 Å². The van der Waals surface area contributed by atoms with Gasteiger partial charge in [-0.2, -0.15) is 9.40 Å². The maximum atomic E-state index is 12.5. The molecule has 1 saturated heterocycles. The van der Waals surface area contributed by atoms with E-state index in [0.29, 0.717) is 43.3 Å². The van der Waals surface area contributed by atoms with Crippen LogP contribution in [0.5, 0.6) is 0 Å². The van der Waals surface area contributed by atoms with Crippen molar-refractivity contribution >= 4 is 33.2 Å². The van der Waals surface area contributed by atoms with E-state index in [1.807, 2.05) is 59.3 Å². The van der Waals surface area contributed by atoms with Crippen molar-refractivity contribution < 1.29 is 18.3 Å². The molecular formula is C37H41Cl2N5O4S. The minimum absolute atomic E-state index is 0.00783. The average Bonchev–Trinajstić information content (AvgIpc) is 3.47. The third-order valence-corrected chi connectivity index (χ3v) is 10.9. The lowest BCUT2D eigenvalue weighted by molar-refractivity contribution is -0.0281. The van der Waals surface area contributed by atoms with E-state index in [1.54, 1.807) is 0 Å². The molecule has 2 aliphatic rings. The maximum Gasteiger partial charge on any atom is 0.211 e. The van der Waals surface area contributed by atoms with Crippen molar-refractivity contribution in [1.29, 1.82) is 0 Å². The van der Waals surface area contributed by atoms with Crippen LogP contribution in [0.2, 0.25) is 10.0 Å². The molecule has 1 aromatic heterocycles. The van der Waals surface area contributed by atoms with Gasteiger partial charge in [0.25, 0.3) is 0 Å². The number of aromatic nitrogens is 2. The second-order valence-electron chi connectivity index (χ2n) is 12.5. The van der Waals surface area contributed by atoms with Crippen molar-refractivity contribution in [1.82, 2.24) is 24.3 Å². The normalized spacial score (nSPS) is 17.0. The van der Waals surface area contributed by atoms with Crippen molar-refractivity contribution in [3.8, 4) is 23.1 Å². The molecule has 3 heterocycles. The fourth-order valence-electron chi connectivity index (χ4n) is 6.31. The number of hydrogen-bond donors (Lipinski definition) is 2. The number of aliphatic hydroxyl groups is 1. The highest BCUT2D eigenvalue weighted by molar-refractivity contribution is 7.88. The molecule has 9 nitrogen and oxygen atoms in total. The van der Waals surface area contributed by atoms with Gasteiger partial charge in [0.2, 0.25) is 10.0 Å². The summed E-state index contributed by atoms with van der Waals surface area (Å²) in [4.78, 5) is 2.27. The molecule has 0 amide bonds. The Hall–Kier alpha value is -3.24. The van der Waals surface area contributed by atoms with Gasteiger partial charge in [-0.3, -0.25) is 9.58 Å². The Morgan fingerprint density at radius 1 is 0.980 bits per heavy atom. The quantitative estimate of drug-likeness (QED) is 0.212. The molecule has 2 N–H and O–H groups in total. The molecule has 1 fully saturated rings. The van der Waals surface area contributed by atoms with E-state index in [1.165, 1.54) is 16.1 Å². The first-order valence-electron chi connectivity index (χ1n) is 16.5. The molecule has 12 heteroatoms. The monoisotopic (exact) mass is 721 g/mol. The zero-order valence-electron chi connectivity index (χ0n) is 27.5. The van der Waals surface area contributed by atoms with Gasteiger partial charge in [0.1, 0.15) is 0 Å². The predicted molar refractivity (Wildman–Crippen MR) is 194 cm³/mol. The molecular weight excluding hydrogens is 681 g/mol. The highest BCUT2D eigenvalue weighted by atomic mass is 35.5. The van der Waals surface area contributed by atoms with Gasteiger partial charge in [0.05, 0.1) is 42.8 Å². The number of benzene rings is 3. The van der Waals surface area contributed by atoms with Crippen molar-refractivity contribution in [2.45, 2.75) is 45.1 Å². The first-order chi connectivity index (χ1) is 23.7. The molecule has 258 valence electrons. The molecule has 2 aliphatic heterocycles. The average molecular weight is 723 g/mol. The standard InChI is InChI=1S/C37H41Cl2N5O4S/c1-49(46,47)43-18-15-36-34(24-43)37(41-44(36)17-2-16-42-19-20-48-26-33(42)25-45)31-11-14-35(39)30(21-31)10-7-27-3-5-28(6-4-27)22-40-23-29-8-12-32(38)13-9-29/h3-6,8-9,11-14,21,33,40,45H,2,15-20,22-26H2,1H3. The van der Waals surface area contributed by atoms with Gasteiger partial charge in [0, 0.05) is 85.2 Å². The number of aryl methyl sites for hydroxylation is 1. The second kappa shape index (κ2) is 16.2. The summed E-state index contributed by atoms with van der Waals surface area (Å²) < 4.78 is 34.1. The minimum atomic E-state index is -3.37. The number of morpholine rings is 1. The summed E-state index contributed by atoms with van der Waals surface area (Å²) in [6.45, 7) is 5.72. The SMILES string of the molecule is CS(=O)(=O)N1CCc2c(c(-c3ccc(Cl)c(C#Cc4ccc(CNCc5ccc(Cl)cc5)cc4)c3)nn2CCCN2CCOCC2CO)C1. The Bertz CT molecular complexity index is 1920. The minimum Gasteiger partial charge on any atom is -0.395 e. The summed E-state index contributed by atoms with van der Waals surface area (Å²) in [6, 6.07) is 21.6. The van der Waals surface area contributed by atoms with Gasteiger partial charge in [-0.15, -0.1) is 0 Å². The Kier molecular flexibility index (Phi) is 11.8. The molecule has 1 unspecified atom stereocenters. The Morgan fingerprint density at radius 3 is 2.43 bits per heavy atom. The lowest BCUT2D eigenvalue weighted by Gasteiger charge is -2.34. The molecule has 0 spiro atoms. The molecule has 0 bridgehead atoms. The van der Waals surface area contributed by atoms with Crippen molar-refractivity contribution in [3.63, 3.8) is 0 Å². The van der Waals surface area contributed by atoms with Crippen LogP contribution in [-0.2, 0) is 47.4 Å². The first kappa shape index (κ1) is 35.6. The third kappa shape index (κ3) is 9.11. The Labute approximate surface area is 298 Å². The highest BCUT2D eigenvalue weighted by Gasteiger charge is 2.30. The van der Waals surface area contributed by atoms with E-state index >= 15 is 0 Å². The molecule has 1 atom stereocenters. The van der Waals surface area contributed by atoms with E-state index in [9.17, 15) is 13.5 Å². The van der Waals surface area contributed by atoms with Crippen LogP contribution in [-0.4, -0.2) is 84.3 Å². The summed E-state index contributed by atoms with van der Waals surface area (Å²) in [6.07, 6.45) is 2.68. The van der Waals surface area contributed by atoms with Crippen LogP contribution < -0.4 is 5.32 Å². The Morgan fingerprint density at radius 2 is 1.71 bits per heavy atom. The zero-order valence-corrected chi connectivity index (χ0v) is 29.9. The summed E-state index contributed by atoms with van der Waals surface area (Å²) in [5.74, 6) is 6.49. The summed E-state index contributed by atoms with van der Waals surface area (Å²) in [5, 5.41) is 19.5. The summed E-state index contributed by atoms with van der Waals surface area (Å²) in [5.41, 5.74) is 7.44. The van der Waals surface area contributed by atoms with Gasteiger partial charge in [-0.25, -0.2) is 8.42 Å². The van der Waals surface area contributed by atoms with Gasteiger partial charge in [-0.1, -0.05) is 65.4 Å². The second-order valence-corrected chi connectivity index (χ2v) is 15.3. The number of ether oxygens (including phenoxy) is 1. The lowest BCUT2D eigenvalue weighted by Crippen LogP contribution is -2.47. The number of rotatable bonds is 11. The fourth-order valence-corrected chi connectivity index (χ4v) is 7.39. The van der Waals surface area contributed by atoms with Crippen molar-refractivity contribution in [2.24, 2.45) is 0 Å². The van der Waals surface area contributed by atoms with Crippen LogP contribution in [0.15, 0.2) is 66.7 Å². The number of fused-ring (bicyclic) bond motifs is 1. The number of sulfonamides is 1. The molecule has 4 aromatic rings. The number of halogens is 2. The molecule has 0 saturated carbocycles. The van der Waals surface area contributed by atoms with Crippen molar-refractivity contribution in [3.05, 3.63) is 110 Å². The van der Waals surface area contributed by atoms with E-state index in [0.717, 1.165) is 71.3 Å². The third-order valence-electron chi connectivity index (χ3n) is 9.05. The fraction of sp³-hybridized carbons (Fsp3) is 0.378. The number of nitrogens with one attached hydrogen (secondary N) is 1. The van der Waals surface area contributed by atoms with Crippen LogP contribution in [0.3, 0.4) is 0 Å². The first-order valence-corrected chi connectivity index (χ1v) is 19.1. The van der Waals surface area contributed by atoms with Crippen LogP contribution in [0.25, 0.3) is 11.3 Å². The molecule has 0 aliphatic carbocycles. The number of hydrogen-bond acceptors (Lipinski definition) is 7. The van der Waals surface area contributed by atoms with Crippen LogP contribution in [0, 0.1) is 11.8 Å². The van der Waals surface area contributed by atoms with Gasteiger partial charge in [0.15, 0.2) is 0 Å². The molecule has 49 heavy (non-hydrogen) atoms. The predicted octanol–water partition coefficient (Wildman–Crippen LogP) is 4.95. The molecule has 3 aromatic carbocycles. The topological polar surface area (TPSA) is 99.9 Å². The molecule has 0 radical (unpaired) electrons. The van der Waals surface area contributed by atoms with Crippen LogP contribution in [0.1, 0.15) is 39.9 Å². The molecule has 6 rings (SSSR count). The highest BCUT2D eigenvalue weighted by Crippen LogP contribution is 2.33. The Balaban J connectivity index is 1.18. The van der Waals surface area contributed by atoms with Gasteiger partial charge >= 0.3 is 0 Å². The number of aliphatic hydroxyl groups excluding tert-OH is 1. The van der Waals surface area contributed by atoms with Crippen molar-refractivity contribution in [2.75, 3.05) is 45.7 Å². The largest absolute Gasteiger partial charge is 0.395 e. The van der Waals surface area contributed by atoms with E-state index in [4.69, 9.17) is 33.0 Å². The van der Waals surface area contributed by atoms with E-state index < -0.39 is 10.0 Å². The lowest BCUT2D eigenvalue weighted by atomic mass is 10.0. The van der Waals surface area contributed by atoms with Gasteiger partial charge in [-0.05, 0) is 53.9 Å². The zero-order chi connectivity index (χ0) is 34.4. The smallest absolute Gasteiger partial charge is 0.211 e. The van der Waals surface area contributed by atoms with E-state index in [-0.39, 0.29) is 19.2 Å². The van der Waals surface area contributed by atoms with E-state index in [2.05, 4.69) is 34.2 Å². The maximum absolute atomic E-state index is 12.5. The number of nitrogens with zero attached hydrogens (tertiary/aromatic N) is 4. The summed E-state index contributed by atoms with van der Waals surface area (Å²) in [7, 11) is -3.37.